The van der Waals surface area contributed by atoms with Gasteiger partial charge in [-0.25, -0.2) is 0 Å². The van der Waals surface area contributed by atoms with E-state index in [0.29, 0.717) is 25.0 Å². The number of rotatable bonds is 12. The quantitative estimate of drug-likeness (QED) is 0.238. The SMILES string of the molecule is CON=C(COc1ccc(CNc2ccc(C3CC3COCO)cc2)cc1)c1ccccc1. The summed E-state index contributed by atoms with van der Waals surface area (Å²) >= 11 is 0. The Bertz CT molecular complexity index is 1020. The van der Waals surface area contributed by atoms with Crippen molar-refractivity contribution in [3.05, 3.63) is 95.6 Å². The van der Waals surface area contributed by atoms with Gasteiger partial charge < -0.3 is 24.7 Å². The summed E-state index contributed by atoms with van der Waals surface area (Å²) < 4.78 is 11.0. The number of oxime groups is 1. The first-order chi connectivity index (χ1) is 16.3. The van der Waals surface area contributed by atoms with Gasteiger partial charge in [-0.2, -0.15) is 0 Å². The Kier molecular flexibility index (Phi) is 7.95. The van der Waals surface area contributed by atoms with Crippen molar-refractivity contribution in [1.29, 1.82) is 0 Å². The van der Waals surface area contributed by atoms with Gasteiger partial charge in [-0.05, 0) is 53.6 Å². The molecule has 1 saturated carbocycles. The molecular formula is C27H30N2O4. The van der Waals surface area contributed by atoms with Gasteiger partial charge in [0, 0.05) is 17.8 Å². The van der Waals surface area contributed by atoms with E-state index in [4.69, 9.17) is 19.4 Å². The molecule has 172 valence electrons. The van der Waals surface area contributed by atoms with Crippen LogP contribution >= 0.6 is 0 Å². The second-order valence-corrected chi connectivity index (χ2v) is 8.10. The number of nitrogens with one attached hydrogen (secondary N) is 1. The van der Waals surface area contributed by atoms with Gasteiger partial charge in [-0.15, -0.1) is 0 Å². The van der Waals surface area contributed by atoms with Crippen molar-refractivity contribution in [2.45, 2.75) is 18.9 Å². The minimum atomic E-state index is -0.198. The number of aliphatic hydroxyl groups is 1. The van der Waals surface area contributed by atoms with Crippen LogP contribution in [0.15, 0.2) is 84.0 Å². The van der Waals surface area contributed by atoms with E-state index in [1.54, 1.807) is 0 Å². The average molecular weight is 447 g/mol. The maximum absolute atomic E-state index is 8.77. The Morgan fingerprint density at radius 3 is 2.45 bits per heavy atom. The van der Waals surface area contributed by atoms with Gasteiger partial charge in [0.25, 0.3) is 0 Å². The Balaban J connectivity index is 1.25. The Morgan fingerprint density at radius 1 is 1.00 bits per heavy atom. The number of ether oxygens (including phenoxy) is 2. The number of hydrogen-bond acceptors (Lipinski definition) is 6. The van der Waals surface area contributed by atoms with Crippen molar-refractivity contribution in [3.8, 4) is 5.75 Å². The molecular weight excluding hydrogens is 416 g/mol. The fourth-order valence-corrected chi connectivity index (χ4v) is 3.85. The maximum atomic E-state index is 8.77. The van der Waals surface area contributed by atoms with Crippen LogP contribution in [-0.2, 0) is 16.1 Å². The number of hydrogen-bond donors (Lipinski definition) is 2. The van der Waals surface area contributed by atoms with Crippen molar-refractivity contribution in [1.82, 2.24) is 0 Å². The monoisotopic (exact) mass is 446 g/mol. The summed E-state index contributed by atoms with van der Waals surface area (Å²) in [5, 5.41) is 16.3. The van der Waals surface area contributed by atoms with Crippen LogP contribution in [0.5, 0.6) is 5.75 Å². The third kappa shape index (κ3) is 6.57. The molecule has 0 heterocycles. The van der Waals surface area contributed by atoms with Gasteiger partial charge in [0.15, 0.2) is 0 Å². The molecule has 0 aromatic heterocycles. The first-order valence-electron chi connectivity index (χ1n) is 11.2. The smallest absolute Gasteiger partial charge is 0.143 e. The van der Waals surface area contributed by atoms with Crippen molar-refractivity contribution in [2.24, 2.45) is 11.1 Å². The predicted molar refractivity (Wildman–Crippen MR) is 130 cm³/mol. The van der Waals surface area contributed by atoms with Gasteiger partial charge in [-0.1, -0.05) is 59.8 Å². The lowest BCUT2D eigenvalue weighted by Gasteiger charge is -2.11. The van der Waals surface area contributed by atoms with Crippen LogP contribution in [0.3, 0.4) is 0 Å². The van der Waals surface area contributed by atoms with Crippen LogP contribution in [0.1, 0.15) is 29.0 Å². The van der Waals surface area contributed by atoms with E-state index in [-0.39, 0.29) is 6.79 Å². The molecule has 0 saturated heterocycles. The Hall–Kier alpha value is -3.35. The Morgan fingerprint density at radius 2 is 1.76 bits per heavy atom. The van der Waals surface area contributed by atoms with E-state index >= 15 is 0 Å². The van der Waals surface area contributed by atoms with Crippen LogP contribution in [-0.4, -0.2) is 37.9 Å². The maximum Gasteiger partial charge on any atom is 0.143 e. The number of aliphatic hydroxyl groups excluding tert-OH is 1. The topological polar surface area (TPSA) is 72.3 Å². The highest BCUT2D eigenvalue weighted by Gasteiger charge is 2.38. The zero-order valence-corrected chi connectivity index (χ0v) is 18.8. The highest BCUT2D eigenvalue weighted by molar-refractivity contribution is 6.01. The minimum absolute atomic E-state index is 0.198. The summed E-state index contributed by atoms with van der Waals surface area (Å²) in [6.07, 6.45) is 1.13. The number of nitrogens with zero attached hydrogens (tertiary/aromatic N) is 1. The molecule has 0 aliphatic heterocycles. The van der Waals surface area contributed by atoms with Crippen LogP contribution < -0.4 is 10.1 Å². The summed E-state index contributed by atoms with van der Waals surface area (Å²) in [6, 6.07) is 26.5. The van der Waals surface area contributed by atoms with Crippen molar-refractivity contribution in [3.63, 3.8) is 0 Å². The second-order valence-electron chi connectivity index (χ2n) is 8.10. The third-order valence-corrected chi connectivity index (χ3v) is 5.79. The summed E-state index contributed by atoms with van der Waals surface area (Å²) in [6.45, 7) is 1.50. The molecule has 2 N–H and O–H groups in total. The van der Waals surface area contributed by atoms with Gasteiger partial charge in [0.1, 0.15) is 32.0 Å². The summed E-state index contributed by atoms with van der Waals surface area (Å²) in [5.41, 5.74) is 5.31. The molecule has 1 aliphatic carbocycles. The lowest BCUT2D eigenvalue weighted by atomic mass is 10.1. The zero-order valence-electron chi connectivity index (χ0n) is 18.8. The van der Waals surface area contributed by atoms with Crippen LogP contribution in [0.2, 0.25) is 0 Å². The van der Waals surface area contributed by atoms with E-state index in [2.05, 4.69) is 46.9 Å². The fraction of sp³-hybridized carbons (Fsp3) is 0.296. The molecule has 4 rings (SSSR count). The Labute approximate surface area is 194 Å². The molecule has 2 unspecified atom stereocenters. The standard InChI is InChI=1S/C27H30N2O4/c1-31-29-27(22-5-3-2-4-6-22)18-33-25-13-7-20(8-14-25)16-28-24-11-9-21(10-12-24)26-15-23(26)17-32-19-30/h2-14,23,26,28,30H,15-19H2,1H3. The lowest BCUT2D eigenvalue weighted by molar-refractivity contribution is -0.00675. The molecule has 1 aliphatic rings. The number of anilines is 1. The highest BCUT2D eigenvalue weighted by Crippen LogP contribution is 2.47. The van der Waals surface area contributed by atoms with E-state index in [0.717, 1.165) is 35.7 Å². The molecule has 0 amide bonds. The summed E-state index contributed by atoms with van der Waals surface area (Å²) in [5.74, 6) is 1.86. The molecule has 3 aromatic rings. The lowest BCUT2D eigenvalue weighted by Crippen LogP contribution is -2.13. The van der Waals surface area contributed by atoms with E-state index in [1.807, 2.05) is 42.5 Å². The van der Waals surface area contributed by atoms with E-state index < -0.39 is 0 Å². The van der Waals surface area contributed by atoms with Crippen LogP contribution in [0, 0.1) is 5.92 Å². The largest absolute Gasteiger partial charge is 0.487 e. The third-order valence-electron chi connectivity index (χ3n) is 5.79. The number of benzene rings is 3. The van der Waals surface area contributed by atoms with Crippen molar-refractivity contribution in [2.75, 3.05) is 32.4 Å². The predicted octanol–water partition coefficient (Wildman–Crippen LogP) is 4.80. The van der Waals surface area contributed by atoms with Gasteiger partial charge in [0.2, 0.25) is 0 Å². The molecule has 3 aromatic carbocycles. The second kappa shape index (κ2) is 11.5. The average Bonchev–Trinajstić information content (AvgIpc) is 3.65. The molecule has 1 fully saturated rings. The summed E-state index contributed by atoms with van der Waals surface area (Å²) in [7, 11) is 1.54. The van der Waals surface area contributed by atoms with Gasteiger partial charge in [0.05, 0.1) is 6.61 Å². The fourth-order valence-electron chi connectivity index (χ4n) is 3.85. The zero-order chi connectivity index (χ0) is 22.9. The molecule has 0 radical (unpaired) electrons. The highest BCUT2D eigenvalue weighted by atomic mass is 16.6. The summed E-state index contributed by atoms with van der Waals surface area (Å²) in [4.78, 5) is 4.97. The molecule has 6 heteroatoms. The molecule has 33 heavy (non-hydrogen) atoms. The molecule has 0 spiro atoms. The van der Waals surface area contributed by atoms with E-state index in [9.17, 15) is 0 Å². The van der Waals surface area contributed by atoms with Crippen LogP contribution in [0.25, 0.3) is 0 Å². The molecule has 2 atom stereocenters. The minimum Gasteiger partial charge on any atom is -0.487 e. The van der Waals surface area contributed by atoms with Crippen molar-refractivity contribution < 1.29 is 19.4 Å². The van der Waals surface area contributed by atoms with Crippen LogP contribution in [0.4, 0.5) is 5.69 Å². The van der Waals surface area contributed by atoms with Crippen molar-refractivity contribution >= 4 is 11.4 Å². The normalized spacial score (nSPS) is 17.5. The van der Waals surface area contributed by atoms with Gasteiger partial charge >= 0.3 is 0 Å². The molecule has 6 nitrogen and oxygen atoms in total. The first kappa shape index (κ1) is 22.8. The van der Waals surface area contributed by atoms with E-state index in [1.165, 1.54) is 18.2 Å². The first-order valence-corrected chi connectivity index (χ1v) is 11.2. The molecule has 0 bridgehead atoms. The van der Waals surface area contributed by atoms with Gasteiger partial charge in [-0.3, -0.25) is 0 Å².